The predicted molar refractivity (Wildman–Crippen MR) is 124 cm³/mol. The van der Waals surface area contributed by atoms with Crippen LogP contribution in [0.15, 0.2) is 36.4 Å². The molecule has 0 saturated carbocycles. The number of nitrogens with one attached hydrogen (secondary N) is 1. The van der Waals surface area contributed by atoms with Crippen LogP contribution in [0.1, 0.15) is 11.8 Å². The fourth-order valence-electron chi connectivity index (χ4n) is 3.96. The Labute approximate surface area is 187 Å². The summed E-state index contributed by atoms with van der Waals surface area (Å²) in [5.74, 6) is 0.0487. The number of rotatable bonds is 6. The average Bonchev–Trinajstić information content (AvgIpc) is 3.19. The highest BCUT2D eigenvalue weighted by Crippen LogP contribution is 2.23. The first-order chi connectivity index (χ1) is 14.6. The van der Waals surface area contributed by atoms with Crippen molar-refractivity contribution >= 4 is 40.2 Å². The van der Waals surface area contributed by atoms with E-state index in [1.807, 2.05) is 25.1 Å². The van der Waals surface area contributed by atoms with Gasteiger partial charge >= 0.3 is 0 Å². The first-order valence-electron chi connectivity index (χ1n) is 10.5. The maximum atomic E-state index is 12.8. The van der Waals surface area contributed by atoms with Crippen LogP contribution in [0.5, 0.6) is 0 Å². The summed E-state index contributed by atoms with van der Waals surface area (Å²) in [6, 6.07) is 12.0. The van der Waals surface area contributed by atoms with Gasteiger partial charge in [0.1, 0.15) is 0 Å². The van der Waals surface area contributed by atoms with E-state index < -0.39 is 0 Å². The fourth-order valence-corrected chi connectivity index (χ4v) is 5.09. The van der Waals surface area contributed by atoms with E-state index in [1.165, 1.54) is 10.6 Å². The minimum Gasteiger partial charge on any atom is -0.378 e. The molecule has 30 heavy (non-hydrogen) atoms. The molecule has 2 aromatic rings. The van der Waals surface area contributed by atoms with Gasteiger partial charge in [-0.25, -0.2) is 0 Å². The summed E-state index contributed by atoms with van der Waals surface area (Å²) < 4.78 is 6.25. The molecule has 1 amide bonds. The number of piperazine rings is 1. The van der Waals surface area contributed by atoms with Crippen LogP contribution in [0.4, 0.5) is 11.4 Å². The van der Waals surface area contributed by atoms with Gasteiger partial charge in [0.05, 0.1) is 23.6 Å². The van der Waals surface area contributed by atoms with Crippen LogP contribution >= 0.6 is 22.9 Å². The molecule has 1 N–H and O–H groups in total. The lowest BCUT2D eigenvalue weighted by molar-refractivity contribution is -0.121. The van der Waals surface area contributed by atoms with Crippen LogP contribution in [0.2, 0.25) is 4.34 Å². The van der Waals surface area contributed by atoms with Gasteiger partial charge in [0, 0.05) is 62.1 Å². The van der Waals surface area contributed by atoms with Crippen molar-refractivity contribution in [3.8, 4) is 0 Å². The smallest absolute Gasteiger partial charge is 0.241 e. The lowest BCUT2D eigenvalue weighted by atomic mass is 10.2. The second-order valence-corrected chi connectivity index (χ2v) is 9.63. The van der Waals surface area contributed by atoms with E-state index >= 15 is 0 Å². The number of carbonyl (C=O) groups is 1. The Morgan fingerprint density at radius 1 is 1.07 bits per heavy atom. The first-order valence-corrected chi connectivity index (χ1v) is 11.7. The van der Waals surface area contributed by atoms with Gasteiger partial charge in [-0.1, -0.05) is 11.6 Å². The lowest BCUT2D eigenvalue weighted by Crippen LogP contribution is -2.52. The summed E-state index contributed by atoms with van der Waals surface area (Å²) in [5, 5.41) is 3.07. The molecule has 8 heteroatoms. The third-order valence-electron chi connectivity index (χ3n) is 5.85. The van der Waals surface area contributed by atoms with Crippen LogP contribution < -0.4 is 10.2 Å². The number of hydrogen-bond acceptors (Lipinski definition) is 6. The summed E-state index contributed by atoms with van der Waals surface area (Å²) in [6.45, 7) is 9.99. The molecule has 1 unspecified atom stereocenters. The Hall–Kier alpha value is -1.64. The van der Waals surface area contributed by atoms with Gasteiger partial charge in [0.2, 0.25) is 5.91 Å². The number of morpholine rings is 1. The standard InChI is InChI=1S/C22H29ClN4O2S/c1-17(26-10-8-25(9-11-26)16-20-6-7-21(23)30-20)22(28)24-18-2-4-19(5-3-18)27-12-14-29-15-13-27/h2-7,17H,8-16H2,1H3,(H,24,28). The van der Waals surface area contributed by atoms with Crippen LogP contribution in [0.25, 0.3) is 0 Å². The van der Waals surface area contributed by atoms with E-state index in [0.717, 1.165) is 69.1 Å². The Kier molecular flexibility index (Phi) is 7.28. The van der Waals surface area contributed by atoms with Crippen molar-refractivity contribution in [2.75, 3.05) is 62.7 Å². The molecule has 1 atom stereocenters. The first kappa shape index (κ1) is 21.6. The summed E-state index contributed by atoms with van der Waals surface area (Å²) >= 11 is 7.67. The molecular formula is C22H29ClN4O2S. The third kappa shape index (κ3) is 5.53. The average molecular weight is 449 g/mol. The van der Waals surface area contributed by atoms with E-state index in [2.05, 4.69) is 38.2 Å². The number of benzene rings is 1. The van der Waals surface area contributed by atoms with E-state index in [0.29, 0.717) is 0 Å². The monoisotopic (exact) mass is 448 g/mol. The van der Waals surface area contributed by atoms with Gasteiger partial charge < -0.3 is 15.0 Å². The highest BCUT2D eigenvalue weighted by atomic mass is 35.5. The molecule has 6 nitrogen and oxygen atoms in total. The zero-order valence-corrected chi connectivity index (χ0v) is 18.9. The highest BCUT2D eigenvalue weighted by Gasteiger charge is 2.26. The summed E-state index contributed by atoms with van der Waals surface area (Å²) in [6.07, 6.45) is 0. The molecule has 2 aliphatic heterocycles. The maximum Gasteiger partial charge on any atom is 0.241 e. The third-order valence-corrected chi connectivity index (χ3v) is 7.07. The highest BCUT2D eigenvalue weighted by molar-refractivity contribution is 7.16. The van der Waals surface area contributed by atoms with Crippen molar-refractivity contribution in [3.63, 3.8) is 0 Å². The van der Waals surface area contributed by atoms with Crippen LogP contribution in [0.3, 0.4) is 0 Å². The predicted octanol–water partition coefficient (Wildman–Crippen LogP) is 3.38. The second kappa shape index (κ2) is 10.1. The van der Waals surface area contributed by atoms with Crippen molar-refractivity contribution in [1.29, 1.82) is 0 Å². The van der Waals surface area contributed by atoms with Gasteiger partial charge in [-0.3, -0.25) is 14.6 Å². The van der Waals surface area contributed by atoms with Crippen LogP contribution in [-0.4, -0.2) is 74.2 Å². The molecule has 3 heterocycles. The number of amides is 1. The number of nitrogens with zero attached hydrogens (tertiary/aromatic N) is 3. The lowest BCUT2D eigenvalue weighted by Gasteiger charge is -2.37. The summed E-state index contributed by atoms with van der Waals surface area (Å²) in [7, 11) is 0. The Bertz CT molecular complexity index is 830. The molecule has 162 valence electrons. The summed E-state index contributed by atoms with van der Waals surface area (Å²) in [4.78, 5) is 21.0. The fraction of sp³-hybridized carbons (Fsp3) is 0.500. The molecule has 0 bridgehead atoms. The molecule has 2 saturated heterocycles. The number of thiophene rings is 1. The van der Waals surface area contributed by atoms with Crippen molar-refractivity contribution in [2.24, 2.45) is 0 Å². The number of ether oxygens (including phenoxy) is 1. The van der Waals surface area contributed by atoms with E-state index in [-0.39, 0.29) is 11.9 Å². The number of halogens is 1. The number of hydrogen-bond donors (Lipinski definition) is 1. The van der Waals surface area contributed by atoms with Gasteiger partial charge in [-0.15, -0.1) is 11.3 Å². The minimum absolute atomic E-state index is 0.0487. The van der Waals surface area contributed by atoms with E-state index in [4.69, 9.17) is 16.3 Å². The molecule has 1 aromatic heterocycles. The van der Waals surface area contributed by atoms with Crippen molar-refractivity contribution in [1.82, 2.24) is 9.80 Å². The molecule has 4 rings (SSSR count). The van der Waals surface area contributed by atoms with Gasteiger partial charge in [-0.05, 0) is 43.3 Å². The van der Waals surface area contributed by atoms with Crippen molar-refractivity contribution in [2.45, 2.75) is 19.5 Å². The molecule has 0 spiro atoms. The maximum absolute atomic E-state index is 12.8. The second-order valence-electron chi connectivity index (χ2n) is 7.83. The number of carbonyl (C=O) groups excluding carboxylic acids is 1. The Morgan fingerprint density at radius 3 is 2.40 bits per heavy atom. The van der Waals surface area contributed by atoms with Crippen LogP contribution in [-0.2, 0) is 16.1 Å². The van der Waals surface area contributed by atoms with Gasteiger partial charge in [0.25, 0.3) is 0 Å². The van der Waals surface area contributed by atoms with Gasteiger partial charge in [-0.2, -0.15) is 0 Å². The molecule has 0 radical (unpaired) electrons. The molecule has 2 fully saturated rings. The molecular weight excluding hydrogens is 420 g/mol. The van der Waals surface area contributed by atoms with Gasteiger partial charge in [0.15, 0.2) is 0 Å². The topological polar surface area (TPSA) is 48.1 Å². The SMILES string of the molecule is CC(C(=O)Nc1ccc(N2CCOCC2)cc1)N1CCN(Cc2ccc(Cl)s2)CC1. The van der Waals surface area contributed by atoms with E-state index in [9.17, 15) is 4.79 Å². The zero-order chi connectivity index (χ0) is 20.9. The summed E-state index contributed by atoms with van der Waals surface area (Å²) in [5.41, 5.74) is 2.02. The van der Waals surface area contributed by atoms with E-state index in [1.54, 1.807) is 11.3 Å². The van der Waals surface area contributed by atoms with Crippen molar-refractivity contribution in [3.05, 3.63) is 45.6 Å². The normalized spacial score (nSPS) is 19.6. The Balaban J connectivity index is 1.24. The molecule has 2 aliphatic rings. The van der Waals surface area contributed by atoms with Crippen molar-refractivity contribution < 1.29 is 9.53 Å². The quantitative estimate of drug-likeness (QED) is 0.734. The largest absolute Gasteiger partial charge is 0.378 e. The molecule has 1 aromatic carbocycles. The minimum atomic E-state index is -0.151. The Morgan fingerprint density at radius 2 is 1.77 bits per heavy atom. The zero-order valence-electron chi connectivity index (χ0n) is 17.3. The number of anilines is 2. The molecule has 0 aliphatic carbocycles. The van der Waals surface area contributed by atoms with Crippen LogP contribution in [0, 0.1) is 0 Å².